The van der Waals surface area contributed by atoms with Crippen LogP contribution in [-0.2, 0) is 0 Å². The lowest BCUT2D eigenvalue weighted by Gasteiger charge is -2.08. The van der Waals surface area contributed by atoms with E-state index in [-0.39, 0.29) is 5.50 Å². The van der Waals surface area contributed by atoms with E-state index in [1.54, 1.807) is 6.92 Å². The van der Waals surface area contributed by atoms with Crippen LogP contribution in [0, 0.1) is 0 Å². The molecule has 5 nitrogen and oxygen atoms in total. The van der Waals surface area contributed by atoms with Crippen LogP contribution in [0.3, 0.4) is 0 Å². The van der Waals surface area contributed by atoms with Gasteiger partial charge in [0, 0.05) is 12.3 Å². The number of H-pyrrole nitrogens is 1. The van der Waals surface area contributed by atoms with Crippen molar-refractivity contribution in [2.45, 2.75) is 12.4 Å². The Bertz CT molecular complexity index is 368. The second-order valence-electron chi connectivity index (χ2n) is 2.23. The van der Waals surface area contributed by atoms with Crippen molar-refractivity contribution < 1.29 is 0 Å². The topological polar surface area (TPSA) is 66.9 Å². The third-order valence-corrected chi connectivity index (χ3v) is 1.24. The van der Waals surface area contributed by atoms with Crippen molar-refractivity contribution in [3.63, 3.8) is 0 Å². The van der Waals surface area contributed by atoms with E-state index in [1.165, 1.54) is 12.3 Å². The van der Waals surface area contributed by atoms with Crippen molar-refractivity contribution in [2.24, 2.45) is 0 Å². The molecule has 0 amide bonds. The molecule has 0 spiro atoms. The molecule has 0 saturated carbocycles. The fraction of sp³-hybridized carbons (Fsp3) is 0.333. The standard InChI is InChI=1S/C6H8ClN3O2/c1-4(7)9-10-3-2-5(11)8-6(10)12/h2-4,9H,1H3,(H,8,11,12). The predicted molar refractivity (Wildman–Crippen MR) is 46.0 cm³/mol. The molecule has 6 heteroatoms. The summed E-state index contributed by atoms with van der Waals surface area (Å²) in [7, 11) is 0. The smallest absolute Gasteiger partial charge is 0.304 e. The van der Waals surface area contributed by atoms with Crippen LogP contribution in [0.1, 0.15) is 6.92 Å². The Hall–Kier alpha value is -1.23. The first-order chi connectivity index (χ1) is 5.59. The number of nitrogens with zero attached hydrogens (tertiary/aromatic N) is 1. The summed E-state index contributed by atoms with van der Waals surface area (Å²) < 4.78 is 1.11. The molecule has 0 saturated heterocycles. The number of aromatic amines is 1. The van der Waals surface area contributed by atoms with Crippen molar-refractivity contribution >= 4 is 11.6 Å². The monoisotopic (exact) mass is 189 g/mol. The highest BCUT2D eigenvalue weighted by Gasteiger charge is 1.97. The number of rotatable bonds is 2. The van der Waals surface area contributed by atoms with Crippen molar-refractivity contribution in [2.75, 3.05) is 5.43 Å². The second-order valence-corrected chi connectivity index (χ2v) is 2.88. The Balaban J connectivity index is 3.02. The third-order valence-electron chi connectivity index (χ3n) is 1.14. The normalized spacial score (nSPS) is 12.5. The number of halogens is 1. The van der Waals surface area contributed by atoms with Crippen molar-refractivity contribution in [1.82, 2.24) is 9.66 Å². The average molecular weight is 190 g/mol. The van der Waals surface area contributed by atoms with Gasteiger partial charge in [-0.15, -0.1) is 0 Å². The molecule has 1 unspecified atom stereocenters. The molecule has 0 aliphatic carbocycles. The largest absolute Gasteiger partial charge is 0.346 e. The van der Waals surface area contributed by atoms with Crippen molar-refractivity contribution in [3.8, 4) is 0 Å². The van der Waals surface area contributed by atoms with Crippen LogP contribution in [0.5, 0.6) is 0 Å². The van der Waals surface area contributed by atoms with Gasteiger partial charge in [0.25, 0.3) is 5.56 Å². The van der Waals surface area contributed by atoms with E-state index in [2.05, 4.69) is 10.4 Å². The third kappa shape index (κ3) is 2.13. The van der Waals surface area contributed by atoms with E-state index < -0.39 is 11.2 Å². The maximum absolute atomic E-state index is 11.0. The maximum atomic E-state index is 11.0. The van der Waals surface area contributed by atoms with E-state index in [4.69, 9.17) is 11.6 Å². The quantitative estimate of drug-likeness (QED) is 0.494. The highest BCUT2D eigenvalue weighted by Crippen LogP contribution is 1.87. The Morgan fingerprint density at radius 2 is 2.33 bits per heavy atom. The molecule has 0 bridgehead atoms. The average Bonchev–Trinajstić information content (AvgIpc) is 1.94. The van der Waals surface area contributed by atoms with Gasteiger partial charge in [-0.2, -0.15) is 0 Å². The Morgan fingerprint density at radius 1 is 1.67 bits per heavy atom. The fourth-order valence-electron chi connectivity index (χ4n) is 0.711. The number of hydrogen-bond acceptors (Lipinski definition) is 3. The zero-order valence-corrected chi connectivity index (χ0v) is 7.13. The van der Waals surface area contributed by atoms with Gasteiger partial charge in [-0.3, -0.25) is 9.78 Å². The van der Waals surface area contributed by atoms with Crippen LogP contribution in [0.2, 0.25) is 0 Å². The number of alkyl halides is 1. The molecule has 0 fully saturated rings. The Labute approximate surface area is 73.0 Å². The van der Waals surface area contributed by atoms with Gasteiger partial charge in [-0.05, 0) is 6.92 Å². The summed E-state index contributed by atoms with van der Waals surface area (Å²) in [6.45, 7) is 1.67. The summed E-state index contributed by atoms with van der Waals surface area (Å²) in [5, 5.41) is 0. The SMILES string of the molecule is CC(Cl)Nn1ccc(=O)[nH]c1=O. The van der Waals surface area contributed by atoms with Gasteiger partial charge >= 0.3 is 5.69 Å². The van der Waals surface area contributed by atoms with Crippen LogP contribution in [-0.4, -0.2) is 15.2 Å². The molecule has 2 N–H and O–H groups in total. The summed E-state index contributed by atoms with van der Waals surface area (Å²) >= 11 is 5.56. The van der Waals surface area contributed by atoms with Crippen LogP contribution < -0.4 is 16.7 Å². The van der Waals surface area contributed by atoms with E-state index in [9.17, 15) is 9.59 Å². The number of hydrogen-bond donors (Lipinski definition) is 2. The van der Waals surface area contributed by atoms with Gasteiger partial charge in [0.05, 0.1) is 0 Å². The highest BCUT2D eigenvalue weighted by atomic mass is 35.5. The molecule has 1 rings (SSSR count). The summed E-state index contributed by atoms with van der Waals surface area (Å²) in [6.07, 6.45) is 1.32. The molecule has 0 aliphatic rings. The zero-order valence-electron chi connectivity index (χ0n) is 6.37. The van der Waals surface area contributed by atoms with Crippen molar-refractivity contribution in [3.05, 3.63) is 33.1 Å². The van der Waals surface area contributed by atoms with Crippen LogP contribution in [0.15, 0.2) is 21.9 Å². The molecule has 12 heavy (non-hydrogen) atoms. The summed E-state index contributed by atoms with van der Waals surface area (Å²) in [6, 6.07) is 1.23. The fourth-order valence-corrected chi connectivity index (χ4v) is 0.816. The molecule has 66 valence electrons. The summed E-state index contributed by atoms with van der Waals surface area (Å²) in [5.41, 5.74) is 1.26. The van der Waals surface area contributed by atoms with Crippen LogP contribution in [0.4, 0.5) is 0 Å². The Morgan fingerprint density at radius 3 is 2.83 bits per heavy atom. The minimum Gasteiger partial charge on any atom is -0.304 e. The van der Waals surface area contributed by atoms with E-state index in [0.29, 0.717) is 0 Å². The molecule has 1 aromatic heterocycles. The lowest BCUT2D eigenvalue weighted by Crippen LogP contribution is -2.36. The van der Waals surface area contributed by atoms with Crippen LogP contribution in [0.25, 0.3) is 0 Å². The minimum atomic E-state index is -0.532. The number of aromatic nitrogens is 2. The minimum absolute atomic E-state index is 0.381. The molecular formula is C6H8ClN3O2. The molecule has 0 aliphatic heterocycles. The molecular weight excluding hydrogens is 182 g/mol. The van der Waals surface area contributed by atoms with E-state index in [1.807, 2.05) is 0 Å². The van der Waals surface area contributed by atoms with Crippen molar-refractivity contribution in [1.29, 1.82) is 0 Å². The lowest BCUT2D eigenvalue weighted by atomic mass is 10.6. The zero-order chi connectivity index (χ0) is 9.14. The first-order valence-electron chi connectivity index (χ1n) is 3.32. The van der Waals surface area contributed by atoms with Gasteiger partial charge in [0.2, 0.25) is 0 Å². The van der Waals surface area contributed by atoms with Gasteiger partial charge in [0.15, 0.2) is 0 Å². The van der Waals surface area contributed by atoms with Gasteiger partial charge in [-0.1, -0.05) is 11.6 Å². The highest BCUT2D eigenvalue weighted by molar-refractivity contribution is 6.20. The first kappa shape index (κ1) is 8.86. The molecule has 1 aromatic rings. The molecule has 1 heterocycles. The first-order valence-corrected chi connectivity index (χ1v) is 3.76. The summed E-state index contributed by atoms with van der Waals surface area (Å²) in [4.78, 5) is 23.6. The molecule has 0 aromatic carbocycles. The van der Waals surface area contributed by atoms with Gasteiger partial charge in [-0.25, -0.2) is 9.47 Å². The molecule has 0 radical (unpaired) electrons. The Kier molecular flexibility index (Phi) is 2.54. The number of nitrogens with one attached hydrogen (secondary N) is 2. The van der Waals surface area contributed by atoms with Gasteiger partial charge in [0.1, 0.15) is 5.50 Å². The van der Waals surface area contributed by atoms with Gasteiger partial charge < -0.3 is 5.43 Å². The van der Waals surface area contributed by atoms with E-state index >= 15 is 0 Å². The predicted octanol–water partition coefficient (Wildman–Crippen LogP) is -0.335. The second kappa shape index (κ2) is 3.44. The summed E-state index contributed by atoms with van der Waals surface area (Å²) in [5.74, 6) is 0. The maximum Gasteiger partial charge on any atom is 0.346 e. The molecule has 1 atom stereocenters. The lowest BCUT2D eigenvalue weighted by molar-refractivity contribution is 0.753. The van der Waals surface area contributed by atoms with Crippen LogP contribution >= 0.6 is 11.6 Å². The van der Waals surface area contributed by atoms with E-state index in [0.717, 1.165) is 4.68 Å².